The van der Waals surface area contributed by atoms with E-state index >= 15 is 0 Å². The minimum atomic E-state index is -0.632. The van der Waals surface area contributed by atoms with Crippen molar-refractivity contribution >= 4 is 11.9 Å². The molecule has 0 aromatic heterocycles. The molecule has 1 N–H and O–H groups in total. The van der Waals surface area contributed by atoms with Crippen LogP contribution in [0.1, 0.15) is 25.8 Å². The fourth-order valence-electron chi connectivity index (χ4n) is 1.85. The largest absolute Gasteiger partial charge is 0.467 e. The molecule has 1 aromatic carbocycles. The standard InChI is InChI=1S/C16H23NO4/c1-4-12(2)15(16(19)20-3)17-14(18)11-21-10-13-8-6-5-7-9-13/h5-9,12,15H,4,10-11H2,1-3H3,(H,17,18)/t12-,15+/m1/s1. The van der Waals surface area contributed by atoms with Gasteiger partial charge in [0.25, 0.3) is 0 Å². The van der Waals surface area contributed by atoms with Crippen LogP contribution in [0.15, 0.2) is 30.3 Å². The Morgan fingerprint density at radius 3 is 2.48 bits per heavy atom. The summed E-state index contributed by atoms with van der Waals surface area (Å²) in [6, 6.07) is 8.96. The van der Waals surface area contributed by atoms with Crippen molar-refractivity contribution in [3.8, 4) is 0 Å². The van der Waals surface area contributed by atoms with Gasteiger partial charge in [-0.25, -0.2) is 4.79 Å². The number of benzene rings is 1. The first-order valence-corrected chi connectivity index (χ1v) is 7.07. The molecule has 1 aromatic rings. The molecule has 1 rings (SSSR count). The molecule has 0 radical (unpaired) electrons. The van der Waals surface area contributed by atoms with E-state index in [1.807, 2.05) is 44.2 Å². The van der Waals surface area contributed by atoms with Gasteiger partial charge >= 0.3 is 5.97 Å². The molecule has 0 spiro atoms. The van der Waals surface area contributed by atoms with Gasteiger partial charge in [-0.2, -0.15) is 0 Å². The summed E-state index contributed by atoms with van der Waals surface area (Å²) in [7, 11) is 1.32. The lowest BCUT2D eigenvalue weighted by atomic mass is 9.99. The van der Waals surface area contributed by atoms with Gasteiger partial charge < -0.3 is 14.8 Å². The van der Waals surface area contributed by atoms with Gasteiger partial charge in [0.05, 0.1) is 13.7 Å². The van der Waals surface area contributed by atoms with Gasteiger partial charge in [0.15, 0.2) is 0 Å². The van der Waals surface area contributed by atoms with E-state index in [4.69, 9.17) is 9.47 Å². The van der Waals surface area contributed by atoms with E-state index in [-0.39, 0.29) is 18.4 Å². The zero-order chi connectivity index (χ0) is 15.7. The third kappa shape index (κ3) is 5.95. The van der Waals surface area contributed by atoms with E-state index in [9.17, 15) is 9.59 Å². The number of esters is 1. The van der Waals surface area contributed by atoms with E-state index in [1.165, 1.54) is 7.11 Å². The Morgan fingerprint density at radius 1 is 1.24 bits per heavy atom. The smallest absolute Gasteiger partial charge is 0.328 e. The zero-order valence-corrected chi connectivity index (χ0v) is 12.8. The van der Waals surface area contributed by atoms with Crippen molar-refractivity contribution in [2.75, 3.05) is 13.7 Å². The number of ether oxygens (including phenoxy) is 2. The Kier molecular flexibility index (Phi) is 7.46. The van der Waals surface area contributed by atoms with Crippen molar-refractivity contribution in [2.24, 2.45) is 5.92 Å². The van der Waals surface area contributed by atoms with Crippen LogP contribution in [0.25, 0.3) is 0 Å². The maximum absolute atomic E-state index is 11.8. The zero-order valence-electron chi connectivity index (χ0n) is 12.8. The average molecular weight is 293 g/mol. The number of carbonyl (C=O) groups is 2. The van der Waals surface area contributed by atoms with Crippen molar-refractivity contribution in [3.05, 3.63) is 35.9 Å². The van der Waals surface area contributed by atoms with Crippen LogP contribution in [0.3, 0.4) is 0 Å². The van der Waals surface area contributed by atoms with E-state index < -0.39 is 12.0 Å². The molecule has 0 saturated heterocycles. The van der Waals surface area contributed by atoms with Crippen LogP contribution in [-0.4, -0.2) is 31.6 Å². The second kappa shape index (κ2) is 9.13. The molecule has 1 amide bonds. The first-order valence-electron chi connectivity index (χ1n) is 7.07. The highest BCUT2D eigenvalue weighted by Crippen LogP contribution is 2.09. The van der Waals surface area contributed by atoms with Crippen molar-refractivity contribution in [1.82, 2.24) is 5.32 Å². The van der Waals surface area contributed by atoms with Gasteiger partial charge in [-0.05, 0) is 11.5 Å². The Hall–Kier alpha value is -1.88. The topological polar surface area (TPSA) is 64.6 Å². The van der Waals surface area contributed by atoms with Gasteiger partial charge in [-0.3, -0.25) is 4.79 Å². The van der Waals surface area contributed by atoms with Crippen LogP contribution >= 0.6 is 0 Å². The number of nitrogens with one attached hydrogen (secondary N) is 1. The van der Waals surface area contributed by atoms with Crippen molar-refractivity contribution in [1.29, 1.82) is 0 Å². The highest BCUT2D eigenvalue weighted by molar-refractivity contribution is 5.85. The van der Waals surface area contributed by atoms with Gasteiger partial charge in [-0.1, -0.05) is 50.6 Å². The molecule has 0 unspecified atom stereocenters. The maximum Gasteiger partial charge on any atom is 0.328 e. The molecule has 2 atom stereocenters. The van der Waals surface area contributed by atoms with Gasteiger partial charge in [0.1, 0.15) is 12.6 Å². The van der Waals surface area contributed by atoms with Crippen LogP contribution in [-0.2, 0) is 25.7 Å². The summed E-state index contributed by atoms with van der Waals surface area (Å²) in [6.07, 6.45) is 0.769. The Morgan fingerprint density at radius 2 is 1.90 bits per heavy atom. The minimum absolute atomic E-state index is 0.00974. The van der Waals surface area contributed by atoms with Gasteiger partial charge in [0, 0.05) is 0 Å². The van der Waals surface area contributed by atoms with E-state index in [0.29, 0.717) is 6.61 Å². The summed E-state index contributed by atoms with van der Waals surface area (Å²) >= 11 is 0. The van der Waals surface area contributed by atoms with Gasteiger partial charge in [-0.15, -0.1) is 0 Å². The molecule has 5 nitrogen and oxygen atoms in total. The van der Waals surface area contributed by atoms with Crippen molar-refractivity contribution in [2.45, 2.75) is 32.9 Å². The van der Waals surface area contributed by atoms with E-state index in [1.54, 1.807) is 0 Å². The fraction of sp³-hybridized carbons (Fsp3) is 0.500. The molecule has 0 aliphatic carbocycles. The lowest BCUT2D eigenvalue weighted by molar-refractivity contribution is -0.147. The lowest BCUT2D eigenvalue weighted by Crippen LogP contribution is -2.46. The highest BCUT2D eigenvalue weighted by Gasteiger charge is 2.26. The average Bonchev–Trinajstić information content (AvgIpc) is 2.52. The van der Waals surface area contributed by atoms with Crippen LogP contribution in [0.4, 0.5) is 0 Å². The van der Waals surface area contributed by atoms with E-state index in [2.05, 4.69) is 5.32 Å². The second-order valence-corrected chi connectivity index (χ2v) is 4.93. The second-order valence-electron chi connectivity index (χ2n) is 4.93. The molecule has 0 fully saturated rings. The molecule has 0 aliphatic rings. The van der Waals surface area contributed by atoms with Crippen molar-refractivity contribution < 1.29 is 19.1 Å². The van der Waals surface area contributed by atoms with E-state index in [0.717, 1.165) is 12.0 Å². The highest BCUT2D eigenvalue weighted by atomic mass is 16.5. The molecule has 0 saturated carbocycles. The summed E-state index contributed by atoms with van der Waals surface area (Å²) in [5.41, 5.74) is 0.997. The molecular formula is C16H23NO4. The number of hydrogen-bond donors (Lipinski definition) is 1. The van der Waals surface area contributed by atoms with Crippen LogP contribution in [0.5, 0.6) is 0 Å². The Labute approximate surface area is 125 Å². The van der Waals surface area contributed by atoms with Gasteiger partial charge in [0.2, 0.25) is 5.91 Å². The summed E-state index contributed by atoms with van der Waals surface area (Å²) in [6.45, 7) is 4.13. The quantitative estimate of drug-likeness (QED) is 0.744. The summed E-state index contributed by atoms with van der Waals surface area (Å²) in [5, 5.41) is 2.67. The fourth-order valence-corrected chi connectivity index (χ4v) is 1.85. The normalized spacial score (nSPS) is 13.3. The molecule has 0 aliphatic heterocycles. The lowest BCUT2D eigenvalue weighted by Gasteiger charge is -2.21. The third-order valence-corrected chi connectivity index (χ3v) is 3.33. The first kappa shape index (κ1) is 17.2. The molecule has 0 bridgehead atoms. The van der Waals surface area contributed by atoms with Crippen molar-refractivity contribution in [3.63, 3.8) is 0 Å². The third-order valence-electron chi connectivity index (χ3n) is 3.33. The SMILES string of the molecule is CC[C@@H](C)[C@H](NC(=O)COCc1ccccc1)C(=O)OC. The first-order chi connectivity index (χ1) is 10.1. The number of hydrogen-bond acceptors (Lipinski definition) is 4. The molecular weight excluding hydrogens is 270 g/mol. The molecule has 116 valence electrons. The molecule has 5 heteroatoms. The molecule has 21 heavy (non-hydrogen) atoms. The van der Waals surface area contributed by atoms with Crippen LogP contribution in [0.2, 0.25) is 0 Å². The maximum atomic E-state index is 11.8. The summed E-state index contributed by atoms with van der Waals surface area (Å²) < 4.78 is 10.1. The summed E-state index contributed by atoms with van der Waals surface area (Å²) in [4.78, 5) is 23.5. The monoisotopic (exact) mass is 293 g/mol. The number of methoxy groups -OCH3 is 1. The number of amides is 1. The Balaban J connectivity index is 2.41. The number of rotatable bonds is 8. The minimum Gasteiger partial charge on any atom is -0.467 e. The van der Waals surface area contributed by atoms with Crippen LogP contribution < -0.4 is 5.32 Å². The Bertz CT molecular complexity index is 447. The predicted molar refractivity (Wildman–Crippen MR) is 79.5 cm³/mol. The summed E-state index contributed by atoms with van der Waals surface area (Å²) in [5.74, 6) is -0.738. The molecule has 0 heterocycles. The van der Waals surface area contributed by atoms with Crippen LogP contribution in [0, 0.1) is 5.92 Å². The predicted octanol–water partition coefficient (Wildman–Crippen LogP) is 1.91. The number of carbonyl (C=O) groups excluding carboxylic acids is 2.